The summed E-state index contributed by atoms with van der Waals surface area (Å²) < 4.78 is 2.10. The lowest BCUT2D eigenvalue weighted by Crippen LogP contribution is -2.10. The van der Waals surface area contributed by atoms with Crippen molar-refractivity contribution in [3.8, 4) is 11.3 Å². The second-order valence-electron chi connectivity index (χ2n) is 5.06. The third kappa shape index (κ3) is 2.10. The summed E-state index contributed by atoms with van der Waals surface area (Å²) in [6.45, 7) is 8.51. The van der Waals surface area contributed by atoms with Crippen LogP contribution in [0, 0.1) is 0 Å². The number of hydrogen-bond acceptors (Lipinski definition) is 3. The van der Waals surface area contributed by atoms with Crippen molar-refractivity contribution < 1.29 is 0 Å². The van der Waals surface area contributed by atoms with Gasteiger partial charge in [-0.1, -0.05) is 13.8 Å². The molecule has 0 atom stereocenters. The molecule has 2 aromatic rings. The molecule has 18 heavy (non-hydrogen) atoms. The molecule has 0 spiro atoms. The van der Waals surface area contributed by atoms with Crippen molar-refractivity contribution >= 4 is 5.82 Å². The van der Waals surface area contributed by atoms with Crippen LogP contribution in [0.2, 0.25) is 0 Å². The van der Waals surface area contributed by atoms with Gasteiger partial charge in [-0.2, -0.15) is 0 Å². The molecule has 2 N–H and O–H groups in total. The largest absolute Gasteiger partial charge is 0.383 e. The van der Waals surface area contributed by atoms with Gasteiger partial charge < -0.3 is 10.3 Å². The first kappa shape index (κ1) is 12.6. The normalized spacial score (nSPS) is 11.4. The monoisotopic (exact) mass is 244 g/mol. The fourth-order valence-corrected chi connectivity index (χ4v) is 2.13. The average Bonchev–Trinajstić information content (AvgIpc) is 2.68. The van der Waals surface area contributed by atoms with Crippen molar-refractivity contribution in [1.29, 1.82) is 0 Å². The van der Waals surface area contributed by atoms with Gasteiger partial charge in [0, 0.05) is 29.9 Å². The second kappa shape index (κ2) is 4.80. The zero-order valence-corrected chi connectivity index (χ0v) is 11.4. The van der Waals surface area contributed by atoms with Gasteiger partial charge in [-0.15, -0.1) is 0 Å². The summed E-state index contributed by atoms with van der Waals surface area (Å²) >= 11 is 0. The Morgan fingerprint density at radius 3 is 2.39 bits per heavy atom. The average molecular weight is 244 g/mol. The molecule has 0 saturated heterocycles. The molecule has 2 rings (SSSR count). The topological polar surface area (TPSA) is 56.7 Å². The minimum atomic E-state index is 0.306. The molecule has 0 unspecified atom stereocenters. The third-order valence-electron chi connectivity index (χ3n) is 2.94. The lowest BCUT2D eigenvalue weighted by molar-refractivity contribution is 0.556. The van der Waals surface area contributed by atoms with E-state index in [0.29, 0.717) is 12.0 Å². The Kier molecular flexibility index (Phi) is 3.36. The van der Waals surface area contributed by atoms with E-state index in [2.05, 4.69) is 37.2 Å². The quantitative estimate of drug-likeness (QED) is 0.901. The Morgan fingerprint density at radius 2 is 1.94 bits per heavy atom. The molecule has 0 bridgehead atoms. The summed E-state index contributed by atoms with van der Waals surface area (Å²) in [5.74, 6) is 2.10. The Bertz CT molecular complexity index is 526. The summed E-state index contributed by atoms with van der Waals surface area (Å²) in [7, 11) is 0. The summed E-state index contributed by atoms with van der Waals surface area (Å²) in [4.78, 5) is 8.82. The summed E-state index contributed by atoms with van der Waals surface area (Å²) in [5, 5.41) is 0. The molecule has 0 aliphatic carbocycles. The molecule has 4 nitrogen and oxygen atoms in total. The Hall–Kier alpha value is -1.84. The summed E-state index contributed by atoms with van der Waals surface area (Å²) in [6.07, 6.45) is 3.55. The van der Waals surface area contributed by atoms with Crippen LogP contribution >= 0.6 is 0 Å². The number of imidazole rings is 1. The van der Waals surface area contributed by atoms with E-state index in [9.17, 15) is 0 Å². The maximum atomic E-state index is 6.25. The molecule has 0 aliphatic rings. The highest BCUT2D eigenvalue weighted by Gasteiger charge is 2.19. The van der Waals surface area contributed by atoms with Crippen LogP contribution in [0.15, 0.2) is 24.5 Å². The van der Waals surface area contributed by atoms with Crippen LogP contribution in [0.1, 0.15) is 45.5 Å². The van der Waals surface area contributed by atoms with Crippen LogP contribution in [-0.2, 0) is 0 Å². The van der Waals surface area contributed by atoms with Crippen molar-refractivity contribution in [2.24, 2.45) is 0 Å². The number of pyridine rings is 1. The zero-order valence-electron chi connectivity index (χ0n) is 11.4. The molecule has 2 aromatic heterocycles. The molecular weight excluding hydrogens is 224 g/mol. The van der Waals surface area contributed by atoms with Crippen LogP contribution < -0.4 is 5.73 Å². The van der Waals surface area contributed by atoms with Crippen molar-refractivity contribution in [2.75, 3.05) is 5.73 Å². The second-order valence-corrected chi connectivity index (χ2v) is 5.06. The van der Waals surface area contributed by atoms with Gasteiger partial charge in [-0.3, -0.25) is 4.98 Å². The molecule has 96 valence electrons. The zero-order chi connectivity index (χ0) is 13.3. The van der Waals surface area contributed by atoms with Gasteiger partial charge in [0.25, 0.3) is 0 Å². The van der Waals surface area contributed by atoms with Gasteiger partial charge in [0.15, 0.2) is 0 Å². The fourth-order valence-electron chi connectivity index (χ4n) is 2.13. The Morgan fingerprint density at radius 1 is 1.22 bits per heavy atom. The number of rotatable bonds is 3. The third-order valence-corrected chi connectivity index (χ3v) is 2.94. The van der Waals surface area contributed by atoms with E-state index in [1.54, 1.807) is 12.4 Å². The predicted octanol–water partition coefficient (Wildman–Crippen LogP) is 3.23. The molecule has 0 aliphatic heterocycles. The highest BCUT2D eigenvalue weighted by atomic mass is 15.2. The fraction of sp³-hybridized carbons (Fsp3) is 0.429. The number of nitrogen functional groups attached to an aromatic ring is 1. The van der Waals surface area contributed by atoms with Crippen LogP contribution in [0.5, 0.6) is 0 Å². The molecule has 0 saturated carbocycles. The number of anilines is 1. The maximum absolute atomic E-state index is 6.25. The first-order valence-electron chi connectivity index (χ1n) is 6.30. The minimum Gasteiger partial charge on any atom is -0.383 e. The summed E-state index contributed by atoms with van der Waals surface area (Å²) in [5.41, 5.74) is 8.05. The van der Waals surface area contributed by atoms with E-state index in [1.807, 2.05) is 12.1 Å². The van der Waals surface area contributed by atoms with Crippen LogP contribution in [0.3, 0.4) is 0 Å². The highest BCUT2D eigenvalue weighted by Crippen LogP contribution is 2.31. The van der Waals surface area contributed by atoms with Gasteiger partial charge in [-0.25, -0.2) is 4.98 Å². The lowest BCUT2D eigenvalue weighted by atomic mass is 10.2. The first-order chi connectivity index (χ1) is 8.52. The molecule has 4 heteroatoms. The van der Waals surface area contributed by atoms with Gasteiger partial charge in [-0.05, 0) is 26.0 Å². The van der Waals surface area contributed by atoms with Crippen molar-refractivity contribution in [3.05, 3.63) is 30.4 Å². The molecule has 0 aromatic carbocycles. The lowest BCUT2D eigenvalue weighted by Gasteiger charge is -2.15. The standard InChI is InChI=1S/C14H20N4/c1-9(2)14-17-12(11-6-5-7-16-8-11)13(15)18(14)10(3)4/h5-10H,15H2,1-4H3. The number of aromatic nitrogens is 3. The van der Waals surface area contributed by atoms with E-state index >= 15 is 0 Å². The van der Waals surface area contributed by atoms with E-state index in [4.69, 9.17) is 10.7 Å². The van der Waals surface area contributed by atoms with Gasteiger partial charge in [0.1, 0.15) is 17.3 Å². The maximum Gasteiger partial charge on any atom is 0.132 e. The first-order valence-corrected chi connectivity index (χ1v) is 6.30. The molecule has 0 fully saturated rings. The van der Waals surface area contributed by atoms with E-state index in [1.165, 1.54) is 0 Å². The summed E-state index contributed by atoms with van der Waals surface area (Å²) in [6, 6.07) is 4.19. The van der Waals surface area contributed by atoms with Crippen molar-refractivity contribution in [3.63, 3.8) is 0 Å². The van der Waals surface area contributed by atoms with Crippen molar-refractivity contribution in [2.45, 2.75) is 39.7 Å². The number of nitrogens with zero attached hydrogens (tertiary/aromatic N) is 3. The number of hydrogen-bond donors (Lipinski definition) is 1. The predicted molar refractivity (Wildman–Crippen MR) is 74.3 cm³/mol. The molecule has 0 radical (unpaired) electrons. The minimum absolute atomic E-state index is 0.306. The Labute approximate surface area is 108 Å². The molecular formula is C14H20N4. The van der Waals surface area contributed by atoms with Crippen LogP contribution in [0.25, 0.3) is 11.3 Å². The molecule has 0 amide bonds. The van der Waals surface area contributed by atoms with E-state index in [0.717, 1.165) is 22.9 Å². The smallest absolute Gasteiger partial charge is 0.132 e. The van der Waals surface area contributed by atoms with E-state index in [-0.39, 0.29) is 0 Å². The Balaban J connectivity index is 2.61. The van der Waals surface area contributed by atoms with Crippen molar-refractivity contribution in [1.82, 2.24) is 14.5 Å². The van der Waals surface area contributed by atoms with Crippen LogP contribution in [0.4, 0.5) is 5.82 Å². The molecule has 2 heterocycles. The number of nitrogens with two attached hydrogens (primary N) is 1. The van der Waals surface area contributed by atoms with Gasteiger partial charge in [0.2, 0.25) is 0 Å². The van der Waals surface area contributed by atoms with Crippen LogP contribution in [-0.4, -0.2) is 14.5 Å². The van der Waals surface area contributed by atoms with Gasteiger partial charge in [0.05, 0.1) is 0 Å². The SMILES string of the molecule is CC(C)c1nc(-c2cccnc2)c(N)n1C(C)C. The van der Waals surface area contributed by atoms with Gasteiger partial charge >= 0.3 is 0 Å². The van der Waals surface area contributed by atoms with E-state index < -0.39 is 0 Å². The highest BCUT2D eigenvalue weighted by molar-refractivity contribution is 5.70.